The van der Waals surface area contributed by atoms with Gasteiger partial charge in [0.05, 0.1) is 37.1 Å². The molecule has 17 heteroatoms. The number of aldehydes is 1. The summed E-state index contributed by atoms with van der Waals surface area (Å²) in [5, 5.41) is 16.4. The van der Waals surface area contributed by atoms with Crippen molar-refractivity contribution in [1.82, 2.24) is 30.1 Å². The molecule has 1 fully saturated rings. The number of benzene rings is 2. The monoisotopic (exact) mass is 947 g/mol. The Balaban J connectivity index is 0.00000151. The molecule has 0 radical (unpaired) electrons. The van der Waals surface area contributed by atoms with Gasteiger partial charge in [-0.1, -0.05) is 45.0 Å². The molecular formula is C52H70N10O7. The Labute approximate surface area is 406 Å². The molecular weight excluding hydrogens is 877 g/mol. The molecule has 2 amide bonds. The van der Waals surface area contributed by atoms with Gasteiger partial charge in [0.1, 0.15) is 30.4 Å². The summed E-state index contributed by atoms with van der Waals surface area (Å²) in [7, 11) is 1.55. The summed E-state index contributed by atoms with van der Waals surface area (Å²) >= 11 is 0. The Morgan fingerprint density at radius 3 is 2.52 bits per heavy atom. The van der Waals surface area contributed by atoms with Gasteiger partial charge in [0, 0.05) is 62.7 Å². The number of hydrogen-bond donors (Lipinski definition) is 4. The number of pyridine rings is 1. The molecule has 8 rings (SSSR count). The van der Waals surface area contributed by atoms with E-state index in [1.807, 2.05) is 38.4 Å². The molecule has 0 aliphatic carbocycles. The van der Waals surface area contributed by atoms with Crippen LogP contribution in [0.2, 0.25) is 0 Å². The number of Topliss-reactive ketones (excluding diaryl/α,β-unsaturated/α-hetero) is 1. The summed E-state index contributed by atoms with van der Waals surface area (Å²) in [4.78, 5) is 81.6. The summed E-state index contributed by atoms with van der Waals surface area (Å²) in [6.45, 7) is 15.8. The molecule has 1 atom stereocenters. The van der Waals surface area contributed by atoms with Crippen LogP contribution in [0, 0.1) is 6.92 Å². The van der Waals surface area contributed by atoms with Crippen molar-refractivity contribution in [2.75, 3.05) is 79.9 Å². The van der Waals surface area contributed by atoms with Crippen LogP contribution < -0.4 is 30.5 Å². The third kappa shape index (κ3) is 13.2. The van der Waals surface area contributed by atoms with Gasteiger partial charge in [0.15, 0.2) is 0 Å². The molecule has 4 aromatic rings. The van der Waals surface area contributed by atoms with Crippen molar-refractivity contribution in [3.8, 4) is 5.88 Å². The molecule has 69 heavy (non-hydrogen) atoms. The van der Waals surface area contributed by atoms with Gasteiger partial charge < -0.3 is 35.5 Å². The van der Waals surface area contributed by atoms with E-state index in [0.717, 1.165) is 129 Å². The highest BCUT2D eigenvalue weighted by Gasteiger charge is 2.38. The molecule has 1 unspecified atom stereocenters. The fourth-order valence-electron chi connectivity index (χ4n) is 9.87. The average molecular weight is 947 g/mol. The maximum absolute atomic E-state index is 13.3. The first-order valence-corrected chi connectivity index (χ1v) is 24.6. The highest BCUT2D eigenvalue weighted by molar-refractivity contribution is 6.07. The predicted octanol–water partition coefficient (Wildman–Crippen LogP) is 6.44. The zero-order chi connectivity index (χ0) is 49.3. The number of hydrogen-bond acceptors (Lipinski definition) is 14. The topological polar surface area (TPSA) is 203 Å². The number of ether oxygens (including phenoxy) is 1. The highest BCUT2D eigenvalue weighted by atomic mass is 16.5. The van der Waals surface area contributed by atoms with Crippen LogP contribution in [0.1, 0.15) is 105 Å². The van der Waals surface area contributed by atoms with Gasteiger partial charge in [0.2, 0.25) is 23.6 Å². The summed E-state index contributed by atoms with van der Waals surface area (Å²) in [6, 6.07) is 13.7. The maximum atomic E-state index is 13.3. The lowest BCUT2D eigenvalue weighted by atomic mass is 9.85. The van der Waals surface area contributed by atoms with Crippen molar-refractivity contribution in [1.29, 1.82) is 0 Å². The number of aromatic nitrogens is 3. The number of fused-ring (bicyclic) bond motifs is 3. The lowest BCUT2D eigenvalue weighted by molar-refractivity contribution is -0.126. The number of amides is 2. The number of piperidine rings is 1. The number of ketones is 1. The molecule has 1 saturated heterocycles. The largest absolute Gasteiger partial charge is 0.483 e. The van der Waals surface area contributed by atoms with Crippen molar-refractivity contribution in [3.05, 3.63) is 88.4 Å². The Bertz CT molecular complexity index is 2370. The molecule has 4 aliphatic heterocycles. The van der Waals surface area contributed by atoms with Crippen LogP contribution in [0.5, 0.6) is 5.88 Å². The van der Waals surface area contributed by atoms with Crippen LogP contribution in [0.15, 0.2) is 54.9 Å². The number of nitrogens with zero attached hydrogens (tertiary/aromatic N) is 7. The Morgan fingerprint density at radius 2 is 1.80 bits per heavy atom. The molecule has 0 saturated carbocycles. The van der Waals surface area contributed by atoms with Crippen LogP contribution in [-0.2, 0) is 49.9 Å². The van der Waals surface area contributed by atoms with E-state index in [2.05, 4.69) is 84.8 Å². The van der Waals surface area contributed by atoms with Gasteiger partial charge >= 0.3 is 0 Å². The summed E-state index contributed by atoms with van der Waals surface area (Å²) in [6.07, 6.45) is 10.5. The fraction of sp³-hybridized carbons (Fsp3) is 0.500. The van der Waals surface area contributed by atoms with Gasteiger partial charge in [-0.2, -0.15) is 0 Å². The van der Waals surface area contributed by atoms with E-state index in [0.29, 0.717) is 37.9 Å². The number of rotatable bonds is 19. The number of carbonyl (C=O) groups is 5. The third-order valence-electron chi connectivity index (χ3n) is 13.2. The fourth-order valence-corrected chi connectivity index (χ4v) is 9.87. The molecule has 17 nitrogen and oxygen atoms in total. The van der Waals surface area contributed by atoms with E-state index in [4.69, 9.17) is 19.6 Å². The maximum Gasteiger partial charge on any atom is 0.290 e. The number of anilines is 5. The van der Waals surface area contributed by atoms with Gasteiger partial charge in [-0.25, -0.2) is 15.0 Å². The minimum atomic E-state index is -0.712. The van der Waals surface area contributed by atoms with Gasteiger partial charge in [0.25, 0.3) is 6.47 Å². The van der Waals surface area contributed by atoms with E-state index in [1.165, 1.54) is 11.1 Å². The molecule has 370 valence electrons. The molecule has 6 heterocycles. The lowest BCUT2D eigenvalue weighted by Crippen LogP contribution is -2.47. The second kappa shape index (κ2) is 25.8. The first-order valence-electron chi connectivity index (χ1n) is 24.6. The van der Waals surface area contributed by atoms with Crippen molar-refractivity contribution >= 4 is 59.1 Å². The van der Waals surface area contributed by atoms with E-state index >= 15 is 0 Å². The Morgan fingerprint density at radius 1 is 1.03 bits per heavy atom. The molecule has 0 bridgehead atoms. The summed E-state index contributed by atoms with van der Waals surface area (Å²) in [5.41, 5.74) is 10.5. The molecule has 4 N–H and O–H groups in total. The quantitative estimate of drug-likeness (QED) is 0.0748. The van der Waals surface area contributed by atoms with Gasteiger partial charge in [-0.3, -0.25) is 33.9 Å². The summed E-state index contributed by atoms with van der Waals surface area (Å²) in [5.74, 6) is 1.43. The first-order chi connectivity index (χ1) is 33.6. The number of likely N-dealkylation sites (N-methyl/N-ethyl adjacent to an activating group) is 1. The number of carbonyl (C=O) groups excluding carboxylic acids is 4. The molecule has 0 spiro atoms. The molecule has 2 aromatic carbocycles. The van der Waals surface area contributed by atoms with Gasteiger partial charge in [-0.15, -0.1) is 0 Å². The van der Waals surface area contributed by atoms with Crippen molar-refractivity contribution < 1.29 is 33.8 Å². The van der Waals surface area contributed by atoms with Crippen LogP contribution in [0.25, 0.3) is 0 Å². The number of carboxylic acid groups (broad SMARTS) is 1. The minimum Gasteiger partial charge on any atom is -0.483 e. The van der Waals surface area contributed by atoms with E-state index in [-0.39, 0.29) is 49.3 Å². The smallest absolute Gasteiger partial charge is 0.290 e. The molecule has 2 aromatic heterocycles. The van der Waals surface area contributed by atoms with E-state index in [9.17, 15) is 19.2 Å². The molecule has 4 aliphatic rings. The zero-order valence-corrected chi connectivity index (χ0v) is 41.0. The number of nitrogens with one attached hydrogen (secondary N) is 3. The van der Waals surface area contributed by atoms with Crippen molar-refractivity contribution in [2.24, 2.45) is 0 Å². The van der Waals surface area contributed by atoms with Crippen LogP contribution in [-0.4, -0.2) is 126 Å². The van der Waals surface area contributed by atoms with Crippen molar-refractivity contribution in [3.63, 3.8) is 0 Å². The minimum absolute atomic E-state index is 0.108. The van der Waals surface area contributed by atoms with Crippen LogP contribution >= 0.6 is 0 Å². The Kier molecular flexibility index (Phi) is 19.4. The van der Waals surface area contributed by atoms with Crippen LogP contribution in [0.3, 0.4) is 0 Å². The highest BCUT2D eigenvalue weighted by Crippen LogP contribution is 2.40. The Hall–Kier alpha value is -6.46. The van der Waals surface area contributed by atoms with E-state index < -0.39 is 6.04 Å². The lowest BCUT2D eigenvalue weighted by Gasteiger charge is -2.33. The van der Waals surface area contributed by atoms with E-state index in [1.54, 1.807) is 11.9 Å². The average Bonchev–Trinajstić information content (AvgIpc) is 3.71. The first kappa shape index (κ1) is 51.9. The normalized spacial score (nSPS) is 15.7. The third-order valence-corrected chi connectivity index (χ3v) is 13.2. The second-order valence-corrected chi connectivity index (χ2v) is 17.6. The second-order valence-electron chi connectivity index (χ2n) is 17.6. The number of likely N-dealkylation sites (tertiary alicyclic amines) is 1. The van der Waals surface area contributed by atoms with Crippen LogP contribution in [0.4, 0.5) is 28.7 Å². The van der Waals surface area contributed by atoms with Gasteiger partial charge in [-0.05, 0) is 118 Å². The zero-order valence-electron chi connectivity index (χ0n) is 41.0. The summed E-state index contributed by atoms with van der Waals surface area (Å²) < 4.78 is 5.74. The standard InChI is InChI=1S/C49H62N10O5.C2H6.CH2O2/c1-4-20-56(21-6-8-38(61)31-57-22-16-35(17-23-57)39-9-5-10-42-40(39)27-45(62)59(42)43(11-7-25-60)47(63)50-3)30-34-12-14-37(15-13-34)54-49-53-28-36-18-24-58(32-41(36)55-49)44-29-52-48-46(33(44)2)51-19-26-64-48;1-2;2-1-3/h5,9-10,12-15,25,28-29,35,43,51H,4,6-8,11,16-24,26-27,30-32H2,1-3H3,(H,50,63)(H,53,54,55);1-2H3;1H,(H,2,3). The van der Waals surface area contributed by atoms with Crippen molar-refractivity contribution in [2.45, 2.75) is 111 Å². The predicted molar refractivity (Wildman–Crippen MR) is 269 cm³/mol. The SMILES string of the molecule is CC.CCCN(CCCC(=O)CN1CCC(c2cccc3c2CC(=O)N3C(CCC=O)C(=O)NC)CC1)Cc1ccc(Nc2ncc3c(n2)CN(c2cnc4c(c2C)NCCO4)CC3)cc1.O=CO.